The van der Waals surface area contributed by atoms with E-state index in [4.69, 9.17) is 4.74 Å². The second kappa shape index (κ2) is 9.78. The zero-order valence-corrected chi connectivity index (χ0v) is 17.6. The van der Waals surface area contributed by atoms with Gasteiger partial charge in [-0.3, -0.25) is 0 Å². The Balaban J connectivity index is 1.66. The van der Waals surface area contributed by atoms with Gasteiger partial charge in [0.2, 0.25) is 5.95 Å². The Morgan fingerprint density at radius 3 is 2.41 bits per heavy atom. The molecule has 2 N–H and O–H groups in total. The van der Waals surface area contributed by atoms with Gasteiger partial charge < -0.3 is 20.3 Å². The molecule has 0 bridgehead atoms. The van der Waals surface area contributed by atoms with Gasteiger partial charge >= 0.3 is 0 Å². The van der Waals surface area contributed by atoms with E-state index in [9.17, 15) is 0 Å². The van der Waals surface area contributed by atoms with Crippen molar-refractivity contribution >= 4 is 23.1 Å². The fourth-order valence-corrected chi connectivity index (χ4v) is 3.15. The van der Waals surface area contributed by atoms with Crippen LogP contribution < -0.4 is 20.3 Å². The Bertz CT molecular complexity index is 923. The van der Waals surface area contributed by atoms with E-state index < -0.39 is 0 Å². The SMILES string of the molecule is CCN(CC)c1ccc(Nc2nccc(NCc3ccc(OC)cc3)n2)c(C)c1. The van der Waals surface area contributed by atoms with Gasteiger partial charge in [0.15, 0.2) is 0 Å². The van der Waals surface area contributed by atoms with Gasteiger partial charge in [-0.15, -0.1) is 0 Å². The van der Waals surface area contributed by atoms with Crippen molar-refractivity contribution in [3.05, 3.63) is 65.9 Å². The van der Waals surface area contributed by atoms with Gasteiger partial charge in [0.25, 0.3) is 0 Å². The maximum atomic E-state index is 5.20. The normalized spacial score (nSPS) is 10.5. The van der Waals surface area contributed by atoms with Crippen molar-refractivity contribution in [2.75, 3.05) is 35.7 Å². The third-order valence-corrected chi connectivity index (χ3v) is 4.87. The molecule has 0 aliphatic carbocycles. The first-order valence-electron chi connectivity index (χ1n) is 9.95. The molecule has 1 heterocycles. The highest BCUT2D eigenvalue weighted by Crippen LogP contribution is 2.24. The number of aryl methyl sites for hydroxylation is 1. The summed E-state index contributed by atoms with van der Waals surface area (Å²) in [6, 6.07) is 16.3. The summed E-state index contributed by atoms with van der Waals surface area (Å²) in [4.78, 5) is 11.3. The number of hydrogen-bond acceptors (Lipinski definition) is 6. The van der Waals surface area contributed by atoms with Crippen LogP contribution in [0, 0.1) is 6.92 Å². The van der Waals surface area contributed by atoms with Crippen molar-refractivity contribution in [1.29, 1.82) is 0 Å². The zero-order valence-electron chi connectivity index (χ0n) is 17.6. The topological polar surface area (TPSA) is 62.3 Å². The fraction of sp³-hybridized carbons (Fsp3) is 0.304. The van der Waals surface area contributed by atoms with Crippen LogP contribution in [0.5, 0.6) is 5.75 Å². The molecule has 0 fully saturated rings. The minimum atomic E-state index is 0.573. The van der Waals surface area contributed by atoms with Crippen LogP contribution >= 0.6 is 0 Å². The quantitative estimate of drug-likeness (QED) is 0.535. The Labute approximate surface area is 173 Å². The third-order valence-electron chi connectivity index (χ3n) is 4.87. The van der Waals surface area contributed by atoms with Crippen LogP contribution in [0.2, 0.25) is 0 Å². The molecule has 6 heteroatoms. The predicted octanol–water partition coefficient (Wildman–Crippen LogP) is 5.00. The average Bonchev–Trinajstić information content (AvgIpc) is 2.75. The number of rotatable bonds is 9. The molecular formula is C23H29N5O. The molecule has 3 aromatic rings. The second-order valence-electron chi connectivity index (χ2n) is 6.76. The van der Waals surface area contributed by atoms with Crippen LogP contribution in [0.1, 0.15) is 25.0 Å². The number of aromatic nitrogens is 2. The number of methoxy groups -OCH3 is 1. The van der Waals surface area contributed by atoms with Crippen LogP contribution in [0.25, 0.3) is 0 Å². The summed E-state index contributed by atoms with van der Waals surface area (Å²) in [7, 11) is 1.67. The molecule has 0 atom stereocenters. The number of hydrogen-bond donors (Lipinski definition) is 2. The van der Waals surface area contributed by atoms with Gasteiger partial charge in [-0.2, -0.15) is 4.98 Å². The maximum Gasteiger partial charge on any atom is 0.229 e. The predicted molar refractivity (Wildman–Crippen MR) is 120 cm³/mol. The number of nitrogens with zero attached hydrogens (tertiary/aromatic N) is 3. The first-order chi connectivity index (χ1) is 14.1. The molecule has 1 aromatic heterocycles. The Morgan fingerprint density at radius 1 is 1.00 bits per heavy atom. The van der Waals surface area contributed by atoms with Crippen molar-refractivity contribution in [2.24, 2.45) is 0 Å². The summed E-state index contributed by atoms with van der Waals surface area (Å²) in [5.74, 6) is 2.20. The van der Waals surface area contributed by atoms with Gasteiger partial charge in [-0.1, -0.05) is 12.1 Å². The van der Waals surface area contributed by atoms with Gasteiger partial charge in [-0.05, 0) is 68.3 Å². The average molecular weight is 392 g/mol. The van der Waals surface area contributed by atoms with Crippen molar-refractivity contribution in [2.45, 2.75) is 27.3 Å². The van der Waals surface area contributed by atoms with E-state index in [1.54, 1.807) is 13.3 Å². The molecule has 0 saturated carbocycles. The molecule has 0 radical (unpaired) electrons. The van der Waals surface area contributed by atoms with Crippen LogP contribution in [-0.2, 0) is 6.54 Å². The molecule has 0 aliphatic rings. The Morgan fingerprint density at radius 2 is 1.76 bits per heavy atom. The molecule has 0 saturated heterocycles. The summed E-state index contributed by atoms with van der Waals surface area (Å²) in [5.41, 5.74) is 4.55. The molecular weight excluding hydrogens is 362 g/mol. The van der Waals surface area contributed by atoms with Crippen LogP contribution in [0.3, 0.4) is 0 Å². The minimum Gasteiger partial charge on any atom is -0.497 e. The lowest BCUT2D eigenvalue weighted by molar-refractivity contribution is 0.414. The first kappa shape index (κ1) is 20.5. The monoisotopic (exact) mass is 391 g/mol. The van der Waals surface area contributed by atoms with E-state index in [0.717, 1.165) is 41.5 Å². The molecule has 0 spiro atoms. The van der Waals surface area contributed by atoms with E-state index in [0.29, 0.717) is 12.5 Å². The Hall–Kier alpha value is -3.28. The first-order valence-corrected chi connectivity index (χ1v) is 9.95. The fourth-order valence-electron chi connectivity index (χ4n) is 3.15. The summed E-state index contributed by atoms with van der Waals surface area (Å²) in [6.07, 6.45) is 1.76. The van der Waals surface area contributed by atoms with Gasteiger partial charge in [-0.25, -0.2) is 4.98 Å². The summed E-state index contributed by atoms with van der Waals surface area (Å²) in [5, 5.41) is 6.67. The number of anilines is 4. The molecule has 0 unspecified atom stereocenters. The van der Waals surface area contributed by atoms with E-state index in [1.165, 1.54) is 5.69 Å². The number of nitrogens with one attached hydrogen (secondary N) is 2. The summed E-state index contributed by atoms with van der Waals surface area (Å²) >= 11 is 0. The lowest BCUT2D eigenvalue weighted by Crippen LogP contribution is -2.21. The lowest BCUT2D eigenvalue weighted by atomic mass is 10.1. The van der Waals surface area contributed by atoms with E-state index >= 15 is 0 Å². The van der Waals surface area contributed by atoms with Crippen molar-refractivity contribution in [3.63, 3.8) is 0 Å². The molecule has 29 heavy (non-hydrogen) atoms. The van der Waals surface area contributed by atoms with Crippen molar-refractivity contribution < 1.29 is 4.74 Å². The van der Waals surface area contributed by atoms with E-state index in [-0.39, 0.29) is 0 Å². The summed E-state index contributed by atoms with van der Waals surface area (Å²) in [6.45, 7) is 9.10. The molecule has 2 aromatic carbocycles. The largest absolute Gasteiger partial charge is 0.497 e. The van der Waals surface area contributed by atoms with Crippen LogP contribution in [0.4, 0.5) is 23.1 Å². The molecule has 6 nitrogen and oxygen atoms in total. The molecule has 152 valence electrons. The highest BCUT2D eigenvalue weighted by atomic mass is 16.5. The van der Waals surface area contributed by atoms with Crippen LogP contribution in [0.15, 0.2) is 54.7 Å². The minimum absolute atomic E-state index is 0.573. The van der Waals surface area contributed by atoms with Gasteiger partial charge in [0.05, 0.1) is 7.11 Å². The number of benzene rings is 2. The third kappa shape index (κ3) is 5.38. The zero-order chi connectivity index (χ0) is 20.6. The highest BCUT2D eigenvalue weighted by Gasteiger charge is 2.07. The smallest absolute Gasteiger partial charge is 0.229 e. The van der Waals surface area contributed by atoms with Gasteiger partial charge in [0, 0.05) is 37.2 Å². The standard InChI is InChI=1S/C23H29N5O/c1-5-28(6-2)19-9-12-21(17(3)15-19)26-23-24-14-13-22(27-23)25-16-18-7-10-20(29-4)11-8-18/h7-15H,5-6,16H2,1-4H3,(H2,24,25,26,27). The van der Waals surface area contributed by atoms with Crippen molar-refractivity contribution in [1.82, 2.24) is 9.97 Å². The highest BCUT2D eigenvalue weighted by molar-refractivity contribution is 5.64. The lowest BCUT2D eigenvalue weighted by Gasteiger charge is -2.22. The second-order valence-corrected chi connectivity index (χ2v) is 6.76. The molecule has 3 rings (SSSR count). The Kier molecular flexibility index (Phi) is 6.89. The molecule has 0 aliphatic heterocycles. The van der Waals surface area contributed by atoms with Crippen molar-refractivity contribution in [3.8, 4) is 5.75 Å². The maximum absolute atomic E-state index is 5.20. The molecule has 0 amide bonds. The summed E-state index contributed by atoms with van der Waals surface area (Å²) < 4.78 is 5.20. The van der Waals surface area contributed by atoms with Crippen LogP contribution in [-0.4, -0.2) is 30.2 Å². The van der Waals surface area contributed by atoms with E-state index in [2.05, 4.69) is 64.5 Å². The van der Waals surface area contributed by atoms with E-state index in [1.807, 2.05) is 30.3 Å². The van der Waals surface area contributed by atoms with Gasteiger partial charge in [0.1, 0.15) is 11.6 Å². The number of ether oxygens (including phenoxy) is 1.